The van der Waals surface area contributed by atoms with Crippen molar-refractivity contribution in [3.05, 3.63) is 114 Å². The zero-order valence-electron chi connectivity index (χ0n) is 12.1. The summed E-state index contributed by atoms with van der Waals surface area (Å²) >= 11 is 0. The van der Waals surface area contributed by atoms with Crippen molar-refractivity contribution in [2.24, 2.45) is 0 Å². The van der Waals surface area contributed by atoms with E-state index in [1.165, 1.54) is 11.1 Å². The Balaban J connectivity index is 1.70. The Bertz CT molecular complexity index is 614. The van der Waals surface area contributed by atoms with E-state index in [9.17, 15) is 0 Å². The van der Waals surface area contributed by atoms with Crippen molar-refractivity contribution in [3.8, 4) is 0 Å². The normalized spacial score (nSPS) is 12.2. The van der Waals surface area contributed by atoms with E-state index in [1.54, 1.807) is 0 Å². The van der Waals surface area contributed by atoms with Gasteiger partial charge in [-0.1, -0.05) is 109 Å². The summed E-state index contributed by atoms with van der Waals surface area (Å²) < 4.78 is 0. The number of rotatable bonds is 6. The van der Waals surface area contributed by atoms with E-state index in [4.69, 9.17) is 0 Å². The summed E-state index contributed by atoms with van der Waals surface area (Å²) in [6, 6.07) is 20.8. The summed E-state index contributed by atoms with van der Waals surface area (Å²) in [5.41, 5.74) is 2.55. The highest BCUT2D eigenvalue weighted by atomic mass is 13.9. The lowest BCUT2D eigenvalue weighted by Crippen LogP contribution is -1.77. The molecule has 0 radical (unpaired) electrons. The second kappa shape index (κ2) is 9.33. The Labute approximate surface area is 127 Å². The van der Waals surface area contributed by atoms with Gasteiger partial charge in [-0.25, -0.2) is 0 Å². The lowest BCUT2D eigenvalue weighted by atomic mass is 10.1. The molecule has 2 aromatic carbocycles. The van der Waals surface area contributed by atoms with Gasteiger partial charge in [-0.05, 0) is 17.5 Å². The fraction of sp³-hybridized carbons (Fsp3) is 0.0476. The fourth-order valence-corrected chi connectivity index (χ4v) is 1.88. The molecule has 0 saturated heterocycles. The second-order valence-electron chi connectivity index (χ2n) is 4.66. The molecule has 0 spiro atoms. The van der Waals surface area contributed by atoms with Gasteiger partial charge >= 0.3 is 0 Å². The van der Waals surface area contributed by atoms with Crippen molar-refractivity contribution >= 4 is 6.08 Å². The number of benzene rings is 2. The first-order valence-corrected chi connectivity index (χ1v) is 7.21. The van der Waals surface area contributed by atoms with Crippen LogP contribution in [-0.4, -0.2) is 0 Å². The van der Waals surface area contributed by atoms with Crippen LogP contribution in [0.15, 0.2) is 103 Å². The quantitative estimate of drug-likeness (QED) is 0.599. The first-order valence-electron chi connectivity index (χ1n) is 7.21. The molecular weight excluding hydrogens is 252 g/mol. The first-order chi connectivity index (χ1) is 10.4. The molecule has 0 aliphatic carbocycles. The van der Waals surface area contributed by atoms with Crippen LogP contribution in [0.4, 0.5) is 0 Å². The van der Waals surface area contributed by atoms with E-state index < -0.39 is 0 Å². The zero-order valence-corrected chi connectivity index (χ0v) is 12.1. The Kier molecular flexibility index (Phi) is 6.57. The largest absolute Gasteiger partial charge is 0.0801 e. The van der Waals surface area contributed by atoms with Crippen LogP contribution in [0.3, 0.4) is 0 Å². The van der Waals surface area contributed by atoms with Gasteiger partial charge in [-0.15, -0.1) is 0 Å². The first kappa shape index (κ1) is 14.8. The Morgan fingerprint density at radius 3 is 1.86 bits per heavy atom. The third kappa shape index (κ3) is 6.40. The molecule has 0 aliphatic heterocycles. The third-order valence-electron chi connectivity index (χ3n) is 2.98. The maximum Gasteiger partial charge on any atom is -0.00943 e. The van der Waals surface area contributed by atoms with Gasteiger partial charge in [0.25, 0.3) is 0 Å². The summed E-state index contributed by atoms with van der Waals surface area (Å²) in [6.07, 6.45) is 17.5. The summed E-state index contributed by atoms with van der Waals surface area (Å²) in [5.74, 6) is 0. The molecule has 0 unspecified atom stereocenters. The predicted octanol–water partition coefficient (Wildman–Crippen LogP) is 5.61. The van der Waals surface area contributed by atoms with Gasteiger partial charge in [0.15, 0.2) is 0 Å². The molecular formula is C21H20. The summed E-state index contributed by atoms with van der Waals surface area (Å²) in [5, 5.41) is 0. The maximum absolute atomic E-state index is 2.17. The van der Waals surface area contributed by atoms with Crippen LogP contribution in [0, 0.1) is 0 Å². The molecule has 0 bridgehead atoms. The summed E-state index contributed by atoms with van der Waals surface area (Å²) in [4.78, 5) is 0. The van der Waals surface area contributed by atoms with Gasteiger partial charge in [0.2, 0.25) is 0 Å². The van der Waals surface area contributed by atoms with Crippen LogP contribution in [0.1, 0.15) is 11.1 Å². The highest BCUT2D eigenvalue weighted by molar-refractivity contribution is 5.50. The smallest absolute Gasteiger partial charge is 0.00943 e. The third-order valence-corrected chi connectivity index (χ3v) is 2.98. The average Bonchev–Trinajstić information content (AvgIpc) is 2.55. The Hall–Kier alpha value is -2.60. The van der Waals surface area contributed by atoms with Crippen molar-refractivity contribution < 1.29 is 0 Å². The standard InChI is InChI=1S/C21H20/c1(2-4-8-14-20-16-10-6-11-17-20)3-5-9-15-21-18-12-7-13-19-21/h1-14,16-19H,15H2/b3-1+,4-2+,9-5+,14-8+. The van der Waals surface area contributed by atoms with E-state index in [0.717, 1.165) is 6.42 Å². The van der Waals surface area contributed by atoms with Crippen LogP contribution in [-0.2, 0) is 6.42 Å². The predicted molar refractivity (Wildman–Crippen MR) is 93.0 cm³/mol. The molecule has 2 aromatic rings. The molecule has 0 N–H and O–H groups in total. The van der Waals surface area contributed by atoms with Gasteiger partial charge < -0.3 is 0 Å². The van der Waals surface area contributed by atoms with E-state index >= 15 is 0 Å². The average molecular weight is 272 g/mol. The topological polar surface area (TPSA) is 0 Å². The molecule has 0 heterocycles. The minimum absolute atomic E-state index is 0.975. The van der Waals surface area contributed by atoms with Crippen LogP contribution in [0.2, 0.25) is 0 Å². The number of hydrogen-bond donors (Lipinski definition) is 0. The lowest BCUT2D eigenvalue weighted by Gasteiger charge is -1.92. The van der Waals surface area contributed by atoms with Gasteiger partial charge in [-0.3, -0.25) is 0 Å². The number of allylic oxidation sites excluding steroid dienone is 7. The van der Waals surface area contributed by atoms with Crippen molar-refractivity contribution in [2.75, 3.05) is 0 Å². The van der Waals surface area contributed by atoms with Gasteiger partial charge in [0.05, 0.1) is 0 Å². The molecule has 0 fully saturated rings. The van der Waals surface area contributed by atoms with E-state index in [2.05, 4.69) is 60.7 Å². The highest BCUT2D eigenvalue weighted by Gasteiger charge is 1.83. The van der Waals surface area contributed by atoms with Crippen LogP contribution < -0.4 is 0 Å². The molecule has 0 saturated carbocycles. The van der Waals surface area contributed by atoms with Crippen LogP contribution in [0.5, 0.6) is 0 Å². The maximum atomic E-state index is 2.17. The fourth-order valence-electron chi connectivity index (χ4n) is 1.88. The van der Waals surface area contributed by atoms with Gasteiger partial charge in [0.1, 0.15) is 0 Å². The van der Waals surface area contributed by atoms with Crippen LogP contribution >= 0.6 is 0 Å². The minimum atomic E-state index is 0.975. The van der Waals surface area contributed by atoms with Crippen molar-refractivity contribution in [3.63, 3.8) is 0 Å². The minimum Gasteiger partial charge on any atom is -0.0801 e. The molecule has 0 atom stereocenters. The Morgan fingerprint density at radius 1 is 0.571 bits per heavy atom. The lowest BCUT2D eigenvalue weighted by molar-refractivity contribution is 1.27. The zero-order chi connectivity index (χ0) is 14.6. The molecule has 0 nitrogen and oxygen atoms in total. The molecule has 0 amide bonds. The van der Waals surface area contributed by atoms with Gasteiger partial charge in [-0.2, -0.15) is 0 Å². The van der Waals surface area contributed by atoms with Gasteiger partial charge in [0, 0.05) is 0 Å². The molecule has 0 heteroatoms. The highest BCUT2D eigenvalue weighted by Crippen LogP contribution is 2.01. The van der Waals surface area contributed by atoms with E-state index in [1.807, 2.05) is 48.6 Å². The monoisotopic (exact) mass is 272 g/mol. The number of hydrogen-bond acceptors (Lipinski definition) is 0. The van der Waals surface area contributed by atoms with Crippen molar-refractivity contribution in [1.82, 2.24) is 0 Å². The van der Waals surface area contributed by atoms with Crippen molar-refractivity contribution in [1.29, 1.82) is 0 Å². The Morgan fingerprint density at radius 2 is 1.14 bits per heavy atom. The van der Waals surface area contributed by atoms with Crippen LogP contribution in [0.25, 0.3) is 6.08 Å². The summed E-state index contributed by atoms with van der Waals surface area (Å²) in [6.45, 7) is 0. The van der Waals surface area contributed by atoms with E-state index in [0.29, 0.717) is 0 Å². The molecule has 0 aromatic heterocycles. The summed E-state index contributed by atoms with van der Waals surface area (Å²) in [7, 11) is 0. The SMILES string of the molecule is C(/C=C/C=C/c1ccccc1)=C\C=C\Cc1ccccc1. The molecule has 104 valence electrons. The molecule has 21 heavy (non-hydrogen) atoms. The second-order valence-corrected chi connectivity index (χ2v) is 4.66. The molecule has 2 rings (SSSR count). The molecule has 0 aliphatic rings. The van der Waals surface area contributed by atoms with Crippen molar-refractivity contribution in [2.45, 2.75) is 6.42 Å². The van der Waals surface area contributed by atoms with E-state index in [-0.39, 0.29) is 0 Å².